The lowest BCUT2D eigenvalue weighted by Crippen LogP contribution is -2.44. The molecule has 0 bridgehead atoms. The maximum absolute atomic E-state index is 10.6. The molecule has 0 amide bonds. The predicted molar refractivity (Wildman–Crippen MR) is 77.2 cm³/mol. The second-order valence-corrected chi connectivity index (χ2v) is 7.31. The summed E-state index contributed by atoms with van der Waals surface area (Å²) in [6.45, 7) is 7.16. The molecule has 1 heterocycles. The molecule has 1 saturated carbocycles. The highest BCUT2D eigenvalue weighted by atomic mass is 16.4. The average Bonchev–Trinajstić information content (AvgIpc) is 2.37. The molecule has 3 heteroatoms. The Morgan fingerprint density at radius 1 is 1.16 bits per heavy atom. The first kappa shape index (κ1) is 14.8. The highest BCUT2D eigenvalue weighted by Gasteiger charge is 2.31. The molecular weight excluding hydrogens is 238 g/mol. The zero-order chi connectivity index (χ0) is 13.9. The molecule has 0 aromatic carbocycles. The largest absolute Gasteiger partial charge is 0.481 e. The van der Waals surface area contributed by atoms with Crippen LogP contribution in [0, 0.1) is 11.3 Å². The van der Waals surface area contributed by atoms with E-state index in [2.05, 4.69) is 18.7 Å². The van der Waals surface area contributed by atoms with E-state index in [9.17, 15) is 4.79 Å². The van der Waals surface area contributed by atoms with Crippen LogP contribution in [0.1, 0.15) is 65.2 Å². The van der Waals surface area contributed by atoms with E-state index in [1.165, 1.54) is 51.6 Å². The smallest absolute Gasteiger partial charge is 0.303 e. The fraction of sp³-hybridized carbons (Fsp3) is 0.938. The van der Waals surface area contributed by atoms with Crippen LogP contribution in [0.15, 0.2) is 0 Å². The Labute approximate surface area is 117 Å². The van der Waals surface area contributed by atoms with Crippen LogP contribution in [0.5, 0.6) is 0 Å². The Morgan fingerprint density at radius 2 is 1.74 bits per heavy atom. The summed E-state index contributed by atoms with van der Waals surface area (Å²) in [7, 11) is 0. The molecule has 2 rings (SSSR count). The van der Waals surface area contributed by atoms with Crippen LogP contribution < -0.4 is 0 Å². The summed E-state index contributed by atoms with van der Waals surface area (Å²) in [5.41, 5.74) is 0.552. The summed E-state index contributed by atoms with van der Waals surface area (Å²) >= 11 is 0. The van der Waals surface area contributed by atoms with Crippen LogP contribution in [-0.2, 0) is 4.79 Å². The molecule has 0 atom stereocenters. The minimum absolute atomic E-state index is 0.349. The van der Waals surface area contributed by atoms with E-state index in [1.54, 1.807) is 0 Å². The SMILES string of the molecule is CC1(C)CCC(N2CCC(CCC(=O)O)CC2)CC1. The van der Waals surface area contributed by atoms with E-state index in [-0.39, 0.29) is 0 Å². The molecule has 0 spiro atoms. The summed E-state index contributed by atoms with van der Waals surface area (Å²) in [6.07, 6.45) is 9.05. The van der Waals surface area contributed by atoms with Gasteiger partial charge in [0.2, 0.25) is 0 Å². The van der Waals surface area contributed by atoms with Crippen LogP contribution in [0.4, 0.5) is 0 Å². The number of piperidine rings is 1. The Morgan fingerprint density at radius 3 is 2.26 bits per heavy atom. The van der Waals surface area contributed by atoms with Gasteiger partial charge in [0.25, 0.3) is 0 Å². The van der Waals surface area contributed by atoms with Crippen LogP contribution in [0.25, 0.3) is 0 Å². The van der Waals surface area contributed by atoms with E-state index in [1.807, 2.05) is 0 Å². The highest BCUT2D eigenvalue weighted by molar-refractivity contribution is 5.66. The molecule has 1 saturated heterocycles. The number of nitrogens with zero attached hydrogens (tertiary/aromatic N) is 1. The van der Waals surface area contributed by atoms with Gasteiger partial charge < -0.3 is 10.0 Å². The fourth-order valence-corrected chi connectivity index (χ4v) is 3.68. The maximum atomic E-state index is 10.6. The van der Waals surface area contributed by atoms with E-state index >= 15 is 0 Å². The standard InChI is InChI=1S/C16H29NO2/c1-16(2)9-5-14(6-10-16)17-11-7-13(8-12-17)3-4-15(18)19/h13-14H,3-12H2,1-2H3,(H,18,19). The first-order chi connectivity index (χ1) is 8.96. The van der Waals surface area contributed by atoms with Gasteiger partial charge in [0.1, 0.15) is 0 Å². The Balaban J connectivity index is 1.70. The van der Waals surface area contributed by atoms with Gasteiger partial charge >= 0.3 is 5.97 Å². The number of aliphatic carboxylic acids is 1. The first-order valence-corrected chi connectivity index (χ1v) is 7.92. The molecule has 19 heavy (non-hydrogen) atoms. The van der Waals surface area contributed by atoms with E-state index in [4.69, 9.17) is 5.11 Å². The van der Waals surface area contributed by atoms with Gasteiger partial charge in [-0.2, -0.15) is 0 Å². The summed E-state index contributed by atoms with van der Waals surface area (Å²) in [5, 5.41) is 8.74. The second kappa shape index (κ2) is 6.25. The van der Waals surface area contributed by atoms with Crippen molar-refractivity contribution in [1.29, 1.82) is 0 Å². The monoisotopic (exact) mass is 267 g/mol. The van der Waals surface area contributed by atoms with Crippen LogP contribution in [-0.4, -0.2) is 35.1 Å². The number of hydrogen-bond donors (Lipinski definition) is 1. The van der Waals surface area contributed by atoms with Gasteiger partial charge in [0.15, 0.2) is 0 Å². The number of carbonyl (C=O) groups is 1. The number of carboxylic acid groups (broad SMARTS) is 1. The number of rotatable bonds is 4. The zero-order valence-corrected chi connectivity index (χ0v) is 12.5. The number of carboxylic acids is 1. The van der Waals surface area contributed by atoms with Crippen LogP contribution in [0.2, 0.25) is 0 Å². The normalized spacial score (nSPS) is 26.4. The Kier molecular flexibility index (Phi) is 4.88. The second-order valence-electron chi connectivity index (χ2n) is 7.31. The lowest BCUT2D eigenvalue weighted by Gasteiger charge is -2.43. The van der Waals surface area contributed by atoms with Gasteiger partial charge in [-0.1, -0.05) is 13.8 Å². The summed E-state index contributed by atoms with van der Waals surface area (Å²) in [4.78, 5) is 13.3. The first-order valence-electron chi connectivity index (χ1n) is 7.92. The third-order valence-electron chi connectivity index (χ3n) is 5.24. The van der Waals surface area contributed by atoms with Gasteiger partial charge in [-0.3, -0.25) is 4.79 Å². The van der Waals surface area contributed by atoms with Gasteiger partial charge in [-0.15, -0.1) is 0 Å². The quantitative estimate of drug-likeness (QED) is 0.847. The summed E-state index contributed by atoms with van der Waals surface area (Å²) in [6, 6.07) is 0.799. The molecule has 1 aliphatic heterocycles. The van der Waals surface area contributed by atoms with E-state index < -0.39 is 5.97 Å². The molecule has 1 N–H and O–H groups in total. The molecule has 0 unspecified atom stereocenters. The fourth-order valence-electron chi connectivity index (χ4n) is 3.68. The van der Waals surface area contributed by atoms with Crippen molar-refractivity contribution in [1.82, 2.24) is 4.90 Å². The lowest BCUT2D eigenvalue weighted by atomic mass is 9.75. The molecule has 2 fully saturated rings. The molecule has 1 aliphatic carbocycles. The molecule has 3 nitrogen and oxygen atoms in total. The van der Waals surface area contributed by atoms with Crippen molar-refractivity contribution >= 4 is 5.97 Å². The summed E-state index contributed by atoms with van der Waals surface area (Å²) in [5.74, 6) is 0.00400. The molecular formula is C16H29NO2. The molecule has 2 aliphatic rings. The summed E-state index contributed by atoms with van der Waals surface area (Å²) < 4.78 is 0. The lowest BCUT2D eigenvalue weighted by molar-refractivity contribution is -0.137. The minimum atomic E-state index is -0.642. The van der Waals surface area contributed by atoms with Gasteiger partial charge in [-0.05, 0) is 69.4 Å². The van der Waals surface area contributed by atoms with E-state index in [0.717, 1.165) is 12.5 Å². The predicted octanol–water partition coefficient (Wildman–Crippen LogP) is 3.53. The Hall–Kier alpha value is -0.570. The zero-order valence-electron chi connectivity index (χ0n) is 12.5. The number of likely N-dealkylation sites (tertiary alicyclic amines) is 1. The van der Waals surface area contributed by atoms with E-state index in [0.29, 0.717) is 17.8 Å². The van der Waals surface area contributed by atoms with Crippen molar-refractivity contribution in [2.45, 2.75) is 71.3 Å². The maximum Gasteiger partial charge on any atom is 0.303 e. The molecule has 110 valence electrons. The minimum Gasteiger partial charge on any atom is -0.481 e. The van der Waals surface area contributed by atoms with Gasteiger partial charge in [0.05, 0.1) is 0 Å². The van der Waals surface area contributed by atoms with Crippen molar-refractivity contribution in [3.8, 4) is 0 Å². The van der Waals surface area contributed by atoms with Crippen LogP contribution >= 0.6 is 0 Å². The molecule has 0 radical (unpaired) electrons. The van der Waals surface area contributed by atoms with Crippen molar-refractivity contribution in [3.63, 3.8) is 0 Å². The third kappa shape index (κ3) is 4.48. The van der Waals surface area contributed by atoms with Crippen molar-refractivity contribution in [2.75, 3.05) is 13.1 Å². The topological polar surface area (TPSA) is 40.5 Å². The number of hydrogen-bond acceptors (Lipinski definition) is 2. The molecule has 0 aromatic heterocycles. The third-order valence-corrected chi connectivity index (χ3v) is 5.24. The van der Waals surface area contributed by atoms with Crippen LogP contribution in [0.3, 0.4) is 0 Å². The van der Waals surface area contributed by atoms with Gasteiger partial charge in [0, 0.05) is 12.5 Å². The Bertz CT molecular complexity index is 296. The molecule has 0 aromatic rings. The van der Waals surface area contributed by atoms with Gasteiger partial charge in [-0.25, -0.2) is 0 Å². The average molecular weight is 267 g/mol. The van der Waals surface area contributed by atoms with Crippen molar-refractivity contribution in [3.05, 3.63) is 0 Å². The van der Waals surface area contributed by atoms with Crippen molar-refractivity contribution in [2.24, 2.45) is 11.3 Å². The van der Waals surface area contributed by atoms with Crippen molar-refractivity contribution < 1.29 is 9.90 Å². The highest BCUT2D eigenvalue weighted by Crippen LogP contribution is 2.38.